The first-order chi connectivity index (χ1) is 12.7. The van der Waals surface area contributed by atoms with Gasteiger partial charge in [0.2, 0.25) is 0 Å². The minimum Gasteiger partial charge on any atom is -0.483 e. The van der Waals surface area contributed by atoms with Gasteiger partial charge in [-0.25, -0.2) is 0 Å². The Morgan fingerprint density at radius 2 is 1.70 bits per heavy atom. The number of nitrogens with two attached hydrogens (primary N) is 1. The van der Waals surface area contributed by atoms with Crippen LogP contribution in [0.25, 0.3) is 0 Å². The number of nitrogens with one attached hydrogen (secondary N) is 1. The highest BCUT2D eigenvalue weighted by atomic mass is 19.4. The summed E-state index contributed by atoms with van der Waals surface area (Å²) in [7, 11) is 0. The van der Waals surface area contributed by atoms with Crippen LogP contribution in [0.3, 0.4) is 0 Å². The maximum Gasteiger partial charge on any atom is 0.416 e. The van der Waals surface area contributed by atoms with E-state index in [2.05, 4.69) is 5.32 Å². The second-order valence-corrected chi connectivity index (χ2v) is 6.57. The molecule has 0 aliphatic heterocycles. The molecule has 1 unspecified atom stereocenters. The van der Waals surface area contributed by atoms with E-state index >= 15 is 0 Å². The number of hydrogen-bond acceptors (Lipinski definition) is 4. The number of halogens is 3. The molecule has 0 radical (unpaired) electrons. The molecule has 0 heterocycles. The normalized spacial score (nSPS) is 15.2. The van der Waals surface area contributed by atoms with Crippen LogP contribution in [0, 0.1) is 0 Å². The van der Waals surface area contributed by atoms with Gasteiger partial charge >= 0.3 is 6.18 Å². The minimum absolute atomic E-state index is 0.239. The summed E-state index contributed by atoms with van der Waals surface area (Å²) >= 11 is 0. The number of rotatable bonds is 9. The summed E-state index contributed by atoms with van der Waals surface area (Å²) in [4.78, 5) is 0. The Kier molecular flexibility index (Phi) is 7.24. The Labute approximate surface area is 157 Å². The molecule has 0 aliphatic carbocycles. The van der Waals surface area contributed by atoms with Gasteiger partial charge in [-0.15, -0.1) is 0 Å². The van der Waals surface area contributed by atoms with Crippen molar-refractivity contribution in [2.75, 3.05) is 13.1 Å². The first-order valence-corrected chi connectivity index (χ1v) is 8.76. The fourth-order valence-corrected chi connectivity index (χ4v) is 2.73. The maximum atomic E-state index is 12.7. The molecule has 4 N–H and O–H groups in total. The summed E-state index contributed by atoms with van der Waals surface area (Å²) in [5.41, 5.74) is 4.93. The predicted octanol–water partition coefficient (Wildman–Crippen LogP) is 3.34. The number of ether oxygens (including phenoxy) is 1. The third-order valence-electron chi connectivity index (χ3n) is 4.35. The van der Waals surface area contributed by atoms with Gasteiger partial charge in [-0.05, 0) is 49.7 Å². The van der Waals surface area contributed by atoms with Crippen molar-refractivity contribution in [3.8, 4) is 5.75 Å². The Hall–Kier alpha value is -2.09. The highest BCUT2D eigenvalue weighted by Crippen LogP contribution is 2.31. The monoisotopic (exact) mass is 382 g/mol. The molecule has 2 rings (SSSR count). The van der Waals surface area contributed by atoms with Crippen LogP contribution < -0.4 is 15.8 Å². The summed E-state index contributed by atoms with van der Waals surface area (Å²) < 4.78 is 43.9. The molecule has 0 bridgehead atoms. The molecule has 4 nitrogen and oxygen atoms in total. The van der Waals surface area contributed by atoms with Crippen LogP contribution in [0.4, 0.5) is 13.2 Å². The smallest absolute Gasteiger partial charge is 0.416 e. The van der Waals surface area contributed by atoms with Crippen LogP contribution in [0.15, 0.2) is 54.6 Å². The van der Waals surface area contributed by atoms with Crippen LogP contribution in [0.5, 0.6) is 5.75 Å². The summed E-state index contributed by atoms with van der Waals surface area (Å²) in [6.45, 7) is 2.45. The quantitative estimate of drug-likeness (QED) is 0.582. The van der Waals surface area contributed by atoms with E-state index in [0.29, 0.717) is 13.0 Å². The van der Waals surface area contributed by atoms with E-state index in [0.717, 1.165) is 24.1 Å². The molecular formula is C20H25F3N2O2. The lowest BCUT2D eigenvalue weighted by Gasteiger charge is -2.35. The zero-order valence-corrected chi connectivity index (χ0v) is 15.2. The SMILES string of the molecule is C[C@](CCN)(Oc1ccc(C(F)(F)F)cc1)C(O)NCCc1ccccc1. The van der Waals surface area contributed by atoms with Gasteiger partial charge < -0.3 is 15.6 Å². The van der Waals surface area contributed by atoms with Crippen LogP contribution in [-0.2, 0) is 12.6 Å². The predicted molar refractivity (Wildman–Crippen MR) is 98.3 cm³/mol. The lowest BCUT2D eigenvalue weighted by atomic mass is 9.99. The first-order valence-electron chi connectivity index (χ1n) is 8.76. The van der Waals surface area contributed by atoms with E-state index in [1.54, 1.807) is 6.92 Å². The largest absolute Gasteiger partial charge is 0.483 e. The fourth-order valence-electron chi connectivity index (χ4n) is 2.73. The van der Waals surface area contributed by atoms with E-state index < -0.39 is 23.6 Å². The maximum absolute atomic E-state index is 12.7. The van der Waals surface area contributed by atoms with E-state index in [1.165, 1.54) is 12.1 Å². The summed E-state index contributed by atoms with van der Waals surface area (Å²) in [5, 5.41) is 13.6. The molecule has 0 aliphatic rings. The number of hydrogen-bond donors (Lipinski definition) is 3. The van der Waals surface area contributed by atoms with E-state index in [4.69, 9.17) is 10.5 Å². The van der Waals surface area contributed by atoms with Crippen molar-refractivity contribution in [1.82, 2.24) is 5.32 Å². The van der Waals surface area contributed by atoms with Gasteiger partial charge in [-0.1, -0.05) is 30.3 Å². The standard InChI is InChI=1S/C20H25F3N2O2/c1-19(12-13-24,18(26)25-14-11-15-5-3-2-4-6-15)27-17-9-7-16(8-10-17)20(21,22)23/h2-10,18,25-26H,11-14,24H2,1H3/t18?,19-/m1/s1. The zero-order valence-electron chi connectivity index (χ0n) is 15.2. The lowest BCUT2D eigenvalue weighted by molar-refractivity contribution is -0.137. The third kappa shape index (κ3) is 6.23. The van der Waals surface area contributed by atoms with E-state index in [9.17, 15) is 18.3 Å². The second-order valence-electron chi connectivity index (χ2n) is 6.57. The van der Waals surface area contributed by atoms with Gasteiger partial charge in [-0.2, -0.15) is 13.2 Å². The van der Waals surface area contributed by atoms with Crippen molar-refractivity contribution >= 4 is 0 Å². The first kappa shape index (κ1) is 21.2. The van der Waals surface area contributed by atoms with Crippen LogP contribution >= 0.6 is 0 Å². The molecule has 0 saturated heterocycles. The zero-order chi connectivity index (χ0) is 19.9. The summed E-state index contributed by atoms with van der Waals surface area (Å²) in [5.74, 6) is 0.239. The van der Waals surface area contributed by atoms with Crippen molar-refractivity contribution in [2.24, 2.45) is 5.73 Å². The highest BCUT2D eigenvalue weighted by Gasteiger charge is 2.35. The summed E-state index contributed by atoms with van der Waals surface area (Å²) in [6.07, 6.45) is -4.39. The van der Waals surface area contributed by atoms with Gasteiger partial charge in [-0.3, -0.25) is 5.32 Å². The number of alkyl halides is 3. The highest BCUT2D eigenvalue weighted by molar-refractivity contribution is 5.29. The van der Waals surface area contributed by atoms with E-state index in [1.807, 2.05) is 30.3 Å². The third-order valence-corrected chi connectivity index (χ3v) is 4.35. The average Bonchev–Trinajstić information content (AvgIpc) is 2.62. The second kappa shape index (κ2) is 9.21. The molecule has 0 aromatic heterocycles. The average molecular weight is 382 g/mol. The molecule has 0 amide bonds. The fraction of sp³-hybridized carbons (Fsp3) is 0.400. The molecule has 27 heavy (non-hydrogen) atoms. The van der Waals surface area contributed by atoms with Crippen molar-refractivity contribution < 1.29 is 23.0 Å². The van der Waals surface area contributed by atoms with Gasteiger partial charge in [0, 0.05) is 13.0 Å². The topological polar surface area (TPSA) is 67.5 Å². The minimum atomic E-state index is -4.41. The summed E-state index contributed by atoms with van der Waals surface area (Å²) in [6, 6.07) is 14.2. The Morgan fingerprint density at radius 1 is 1.07 bits per heavy atom. The molecule has 0 fully saturated rings. The van der Waals surface area contributed by atoms with Crippen molar-refractivity contribution in [1.29, 1.82) is 0 Å². The molecule has 0 spiro atoms. The van der Waals surface area contributed by atoms with Crippen LogP contribution in [0.2, 0.25) is 0 Å². The van der Waals surface area contributed by atoms with E-state index in [-0.39, 0.29) is 12.3 Å². The van der Waals surface area contributed by atoms with Gasteiger partial charge in [0.05, 0.1) is 5.56 Å². The van der Waals surface area contributed by atoms with Crippen molar-refractivity contribution in [2.45, 2.75) is 37.8 Å². The van der Waals surface area contributed by atoms with Gasteiger partial charge in [0.15, 0.2) is 0 Å². The molecule has 7 heteroatoms. The molecule has 2 aromatic rings. The lowest BCUT2D eigenvalue weighted by Crippen LogP contribution is -2.54. The van der Waals surface area contributed by atoms with Crippen molar-refractivity contribution in [3.63, 3.8) is 0 Å². The Morgan fingerprint density at radius 3 is 2.26 bits per heavy atom. The molecular weight excluding hydrogens is 357 g/mol. The number of aliphatic hydroxyl groups excluding tert-OH is 1. The van der Waals surface area contributed by atoms with Gasteiger partial charge in [0.25, 0.3) is 0 Å². The van der Waals surface area contributed by atoms with Crippen LogP contribution in [-0.4, -0.2) is 30.0 Å². The molecule has 0 saturated carbocycles. The van der Waals surface area contributed by atoms with Crippen molar-refractivity contribution in [3.05, 3.63) is 65.7 Å². The molecule has 148 valence electrons. The van der Waals surface area contributed by atoms with Gasteiger partial charge in [0.1, 0.15) is 17.6 Å². The van der Waals surface area contributed by atoms with Crippen LogP contribution in [0.1, 0.15) is 24.5 Å². The Balaban J connectivity index is 1.99. The Bertz CT molecular complexity index is 693. The number of aliphatic hydroxyl groups is 1. The molecule has 2 atom stereocenters. The molecule has 2 aromatic carbocycles. The number of benzene rings is 2.